The molecular weight excluding hydrogens is 169 g/mol. The van der Waals surface area contributed by atoms with Gasteiger partial charge in [0.05, 0.1) is 0 Å². The highest BCUT2D eigenvalue weighted by Gasteiger charge is 2.55. The van der Waals surface area contributed by atoms with Gasteiger partial charge in [-0.05, 0) is 0 Å². The molecule has 0 spiro atoms. The van der Waals surface area contributed by atoms with Crippen LogP contribution in [-0.4, -0.2) is 19.2 Å². The zero-order valence-corrected chi connectivity index (χ0v) is 5.67. The van der Waals surface area contributed by atoms with Crippen LogP contribution in [0, 0.1) is 0 Å². The molecule has 0 aromatic heterocycles. The van der Waals surface area contributed by atoms with E-state index in [4.69, 9.17) is 0 Å². The molecule has 1 fully saturated rings. The Kier molecular flexibility index (Phi) is 1.47. The molecule has 0 amide bonds. The third kappa shape index (κ3) is 0.817. The number of hydrogen-bond donors (Lipinski definition) is 0. The second kappa shape index (κ2) is 1.87. The lowest BCUT2D eigenvalue weighted by molar-refractivity contribution is 0.0919. The van der Waals surface area contributed by atoms with Crippen molar-refractivity contribution >= 4 is 9.84 Å². The van der Waals surface area contributed by atoms with Crippen LogP contribution in [0.2, 0.25) is 0 Å². The molecule has 1 aliphatic heterocycles. The molecule has 0 aromatic carbocycles. The van der Waals surface area contributed by atoms with Crippen LogP contribution in [0.4, 0.5) is 13.2 Å². The van der Waals surface area contributed by atoms with Gasteiger partial charge in [-0.25, -0.2) is 12.8 Å². The molecule has 6 heteroatoms. The number of rotatable bonds is 0. The Morgan fingerprint density at radius 2 is 1.90 bits per heavy atom. The zero-order chi connectivity index (χ0) is 7.99. The van der Waals surface area contributed by atoms with Crippen LogP contribution in [0.5, 0.6) is 0 Å². The largest absolute Gasteiger partial charge is 0.348 e. The maximum atomic E-state index is 12.1. The second-order valence-electron chi connectivity index (χ2n) is 2.13. The predicted molar refractivity (Wildman–Crippen MR) is 28.0 cm³/mol. The minimum absolute atomic E-state index is 0.588. The highest BCUT2D eigenvalue weighted by atomic mass is 32.2. The van der Waals surface area contributed by atoms with Crippen LogP contribution in [-0.2, 0) is 9.84 Å². The zero-order valence-electron chi connectivity index (χ0n) is 4.85. The maximum Gasteiger partial charge on any atom is 0.348 e. The lowest BCUT2D eigenvalue weighted by Gasteiger charge is -2.05. The van der Waals surface area contributed by atoms with E-state index in [1.54, 1.807) is 0 Å². The van der Waals surface area contributed by atoms with E-state index < -0.39 is 33.4 Å². The van der Waals surface area contributed by atoms with E-state index in [-0.39, 0.29) is 0 Å². The fourth-order valence-electron chi connectivity index (χ4n) is 0.766. The van der Waals surface area contributed by atoms with Gasteiger partial charge in [-0.3, -0.25) is 0 Å². The first kappa shape index (κ1) is 7.84. The molecule has 60 valence electrons. The topological polar surface area (TPSA) is 34.1 Å². The molecule has 0 N–H and O–H groups in total. The minimum Gasteiger partial charge on any atom is -0.230 e. The van der Waals surface area contributed by atoms with Gasteiger partial charge in [0, 0.05) is 12.8 Å². The molecule has 0 radical (unpaired) electrons. The Hall–Kier alpha value is -0.260. The average molecular weight is 174 g/mol. The van der Waals surface area contributed by atoms with Gasteiger partial charge in [0.1, 0.15) is 0 Å². The molecule has 0 saturated carbocycles. The Bertz CT molecular complexity index is 233. The first-order valence-electron chi connectivity index (χ1n) is 2.63. The summed E-state index contributed by atoms with van der Waals surface area (Å²) in [4.78, 5) is 0. The summed E-state index contributed by atoms with van der Waals surface area (Å²) in [6.45, 7) is 0. The lowest BCUT2D eigenvalue weighted by Crippen LogP contribution is -2.26. The summed E-state index contributed by atoms with van der Waals surface area (Å²) in [5, 5.41) is -3.84. The molecule has 2 nitrogen and oxygen atoms in total. The molecule has 10 heavy (non-hydrogen) atoms. The molecule has 0 aromatic rings. The van der Waals surface area contributed by atoms with Crippen molar-refractivity contribution in [1.29, 1.82) is 0 Å². The monoisotopic (exact) mass is 174 g/mol. The standard InChI is InChI=1S/C4H5F3O2S/c5-3-1-2-4(6,7)10(3,8)9/h3H,1-2H2. The summed E-state index contributed by atoms with van der Waals surface area (Å²) in [6, 6.07) is 0. The Morgan fingerprint density at radius 3 is 2.00 bits per heavy atom. The van der Waals surface area contributed by atoms with E-state index in [1.807, 2.05) is 0 Å². The molecule has 0 aliphatic carbocycles. The first-order chi connectivity index (χ1) is 4.38. The minimum atomic E-state index is -4.80. The van der Waals surface area contributed by atoms with Gasteiger partial charge in [0.15, 0.2) is 0 Å². The maximum absolute atomic E-state index is 12.1. The van der Waals surface area contributed by atoms with Crippen molar-refractivity contribution in [3.63, 3.8) is 0 Å². The van der Waals surface area contributed by atoms with E-state index in [2.05, 4.69) is 0 Å². The van der Waals surface area contributed by atoms with E-state index in [1.165, 1.54) is 0 Å². The van der Waals surface area contributed by atoms with Crippen LogP contribution in [0.1, 0.15) is 12.8 Å². The SMILES string of the molecule is O=S1(=O)C(F)CCC1(F)F. The van der Waals surface area contributed by atoms with Gasteiger partial charge >= 0.3 is 5.25 Å². The Balaban J connectivity index is 3.09. The van der Waals surface area contributed by atoms with Crippen LogP contribution >= 0.6 is 0 Å². The van der Waals surface area contributed by atoms with Crippen LogP contribution in [0.25, 0.3) is 0 Å². The quantitative estimate of drug-likeness (QED) is 0.550. The number of halogens is 3. The van der Waals surface area contributed by atoms with Crippen molar-refractivity contribution in [3.8, 4) is 0 Å². The Morgan fingerprint density at radius 1 is 1.40 bits per heavy atom. The smallest absolute Gasteiger partial charge is 0.230 e. The third-order valence-electron chi connectivity index (χ3n) is 1.42. The van der Waals surface area contributed by atoms with Gasteiger partial charge < -0.3 is 0 Å². The molecule has 1 rings (SSSR count). The van der Waals surface area contributed by atoms with Crippen molar-refractivity contribution in [2.75, 3.05) is 0 Å². The van der Waals surface area contributed by atoms with Gasteiger partial charge in [-0.15, -0.1) is 0 Å². The summed E-state index contributed by atoms with van der Waals surface area (Å²) in [6.07, 6.45) is -1.48. The van der Waals surface area contributed by atoms with Gasteiger partial charge in [-0.2, -0.15) is 8.78 Å². The molecule has 1 unspecified atom stereocenters. The number of hydrogen-bond acceptors (Lipinski definition) is 2. The van der Waals surface area contributed by atoms with Crippen LogP contribution < -0.4 is 0 Å². The van der Waals surface area contributed by atoms with E-state index >= 15 is 0 Å². The highest BCUT2D eigenvalue weighted by Crippen LogP contribution is 2.39. The second-order valence-corrected chi connectivity index (χ2v) is 4.33. The van der Waals surface area contributed by atoms with E-state index in [9.17, 15) is 21.6 Å². The van der Waals surface area contributed by atoms with Crippen molar-refractivity contribution in [2.45, 2.75) is 23.6 Å². The fourth-order valence-corrected chi connectivity index (χ4v) is 1.97. The van der Waals surface area contributed by atoms with Crippen molar-refractivity contribution in [3.05, 3.63) is 0 Å². The van der Waals surface area contributed by atoms with Gasteiger partial charge in [0.25, 0.3) is 0 Å². The molecule has 1 heterocycles. The van der Waals surface area contributed by atoms with Crippen molar-refractivity contribution in [1.82, 2.24) is 0 Å². The molecule has 1 saturated heterocycles. The molecule has 0 bridgehead atoms. The number of alkyl halides is 3. The Labute approximate surface area is 56.0 Å². The fraction of sp³-hybridized carbons (Fsp3) is 1.00. The molecule has 1 aliphatic rings. The summed E-state index contributed by atoms with van der Waals surface area (Å²) in [5.41, 5.74) is -2.37. The van der Waals surface area contributed by atoms with Crippen LogP contribution in [0.15, 0.2) is 0 Å². The van der Waals surface area contributed by atoms with E-state index in [0.717, 1.165) is 0 Å². The third-order valence-corrected chi connectivity index (χ3v) is 3.36. The average Bonchev–Trinajstić information content (AvgIpc) is 1.94. The van der Waals surface area contributed by atoms with Crippen molar-refractivity contribution < 1.29 is 21.6 Å². The lowest BCUT2D eigenvalue weighted by atomic mass is 10.3. The summed E-state index contributed by atoms with van der Waals surface area (Å²) >= 11 is 0. The van der Waals surface area contributed by atoms with Crippen LogP contribution in [0.3, 0.4) is 0 Å². The van der Waals surface area contributed by atoms with Gasteiger partial charge in [-0.1, -0.05) is 0 Å². The molecular formula is C4H5F3O2S. The summed E-state index contributed by atoms with van der Waals surface area (Å²) in [5.74, 6) is 0. The van der Waals surface area contributed by atoms with E-state index in [0.29, 0.717) is 0 Å². The normalized spacial score (nSPS) is 36.1. The van der Waals surface area contributed by atoms with Crippen molar-refractivity contribution in [2.24, 2.45) is 0 Å². The summed E-state index contributed by atoms with van der Waals surface area (Å²) in [7, 11) is -4.80. The van der Waals surface area contributed by atoms with Gasteiger partial charge in [0.2, 0.25) is 15.3 Å². The molecule has 1 atom stereocenters. The predicted octanol–water partition coefficient (Wildman–Crippen LogP) is 1.08. The summed E-state index contributed by atoms with van der Waals surface area (Å²) < 4.78 is 57.0. The highest BCUT2D eigenvalue weighted by molar-refractivity contribution is 7.93. The first-order valence-corrected chi connectivity index (χ1v) is 4.18. The number of sulfone groups is 1.